The van der Waals surface area contributed by atoms with Gasteiger partial charge in [-0.25, -0.2) is 0 Å². The molecule has 0 aliphatic carbocycles. The second-order valence-corrected chi connectivity index (χ2v) is 4.01. The topological polar surface area (TPSA) is 12.5 Å². The first kappa shape index (κ1) is 10.0. The molecule has 0 saturated carbocycles. The summed E-state index contributed by atoms with van der Waals surface area (Å²) in [4.78, 5) is 2.42. The third kappa shape index (κ3) is 3.11. The lowest BCUT2D eigenvalue weighted by Crippen LogP contribution is -2.39. The Morgan fingerprint density at radius 3 is 2.75 bits per heavy atom. The summed E-state index contributed by atoms with van der Waals surface area (Å²) in [7, 11) is 2.20. The molecule has 0 amide bonds. The van der Waals surface area contributed by atoms with Gasteiger partial charge in [-0.05, 0) is 40.3 Å². The molecular weight excluding hydrogens is 150 g/mol. The molecule has 2 heteroatoms. The molecule has 0 aromatic carbocycles. The van der Waals surface area contributed by atoms with Crippen molar-refractivity contribution < 1.29 is 4.74 Å². The lowest BCUT2D eigenvalue weighted by atomic mass is 10.0. The second-order valence-electron chi connectivity index (χ2n) is 4.01. The molecule has 1 fully saturated rings. The quantitative estimate of drug-likeness (QED) is 0.643. The minimum atomic E-state index is 0.375. The normalized spacial score (nSPS) is 26.5. The van der Waals surface area contributed by atoms with Gasteiger partial charge in [-0.3, -0.25) is 0 Å². The maximum absolute atomic E-state index is 5.61. The van der Waals surface area contributed by atoms with E-state index in [1.165, 1.54) is 25.8 Å². The fraction of sp³-hybridized carbons (Fsp3) is 1.00. The lowest BCUT2D eigenvalue weighted by molar-refractivity contribution is 0.0201. The average molecular weight is 171 g/mol. The van der Waals surface area contributed by atoms with E-state index in [-0.39, 0.29) is 0 Å². The Morgan fingerprint density at radius 1 is 1.42 bits per heavy atom. The molecule has 2 nitrogen and oxygen atoms in total. The van der Waals surface area contributed by atoms with Crippen LogP contribution < -0.4 is 0 Å². The molecule has 0 N–H and O–H groups in total. The average Bonchev–Trinajstić information content (AvgIpc) is 2.03. The van der Waals surface area contributed by atoms with Gasteiger partial charge in [0.25, 0.3) is 0 Å². The zero-order chi connectivity index (χ0) is 8.97. The van der Waals surface area contributed by atoms with Crippen LogP contribution in [0.4, 0.5) is 0 Å². The fourth-order valence-electron chi connectivity index (χ4n) is 1.66. The van der Waals surface area contributed by atoms with Gasteiger partial charge in [0.15, 0.2) is 0 Å². The highest BCUT2D eigenvalue weighted by molar-refractivity contribution is 4.73. The summed E-state index contributed by atoms with van der Waals surface area (Å²) in [5.41, 5.74) is 0. The Hall–Kier alpha value is -0.0800. The monoisotopic (exact) mass is 171 g/mol. The molecule has 12 heavy (non-hydrogen) atoms. The van der Waals surface area contributed by atoms with Gasteiger partial charge in [0, 0.05) is 6.04 Å². The molecule has 1 aliphatic heterocycles. The van der Waals surface area contributed by atoms with Gasteiger partial charge in [0.2, 0.25) is 0 Å². The zero-order valence-corrected chi connectivity index (χ0v) is 8.55. The summed E-state index contributed by atoms with van der Waals surface area (Å²) >= 11 is 0. The van der Waals surface area contributed by atoms with Gasteiger partial charge < -0.3 is 9.64 Å². The van der Waals surface area contributed by atoms with Crippen LogP contribution >= 0.6 is 0 Å². The highest BCUT2D eigenvalue weighted by Gasteiger charge is 2.18. The van der Waals surface area contributed by atoms with Crippen LogP contribution in [-0.4, -0.2) is 37.2 Å². The van der Waals surface area contributed by atoms with E-state index in [1.54, 1.807) is 0 Å². The molecule has 0 radical (unpaired) electrons. The zero-order valence-electron chi connectivity index (χ0n) is 8.55. The first-order valence-electron chi connectivity index (χ1n) is 5.02. The number of likely N-dealkylation sites (tertiary alicyclic amines) is 1. The first-order chi connectivity index (χ1) is 5.70. The van der Waals surface area contributed by atoms with E-state index in [1.807, 2.05) is 0 Å². The molecule has 1 unspecified atom stereocenters. The Balaban J connectivity index is 2.20. The largest absolute Gasteiger partial charge is 0.377 e. The molecule has 0 bridgehead atoms. The maximum atomic E-state index is 5.61. The van der Waals surface area contributed by atoms with Crippen molar-refractivity contribution in [2.75, 3.05) is 20.2 Å². The van der Waals surface area contributed by atoms with Crippen molar-refractivity contribution in [1.29, 1.82) is 0 Å². The summed E-state index contributed by atoms with van der Waals surface area (Å²) in [6, 6.07) is 0.668. The second kappa shape index (κ2) is 4.83. The van der Waals surface area contributed by atoms with E-state index in [9.17, 15) is 0 Å². The summed E-state index contributed by atoms with van der Waals surface area (Å²) in [6.07, 6.45) is 4.41. The third-order valence-electron chi connectivity index (χ3n) is 2.54. The maximum Gasteiger partial charge on any atom is 0.0625 e. The van der Waals surface area contributed by atoms with Gasteiger partial charge in [-0.2, -0.15) is 0 Å². The van der Waals surface area contributed by atoms with Crippen LogP contribution in [0, 0.1) is 0 Å². The van der Waals surface area contributed by atoms with Crippen LogP contribution in [0.2, 0.25) is 0 Å². The van der Waals surface area contributed by atoms with E-state index < -0.39 is 0 Å². The summed E-state index contributed by atoms with van der Waals surface area (Å²) in [6.45, 7) is 6.35. The van der Waals surface area contributed by atoms with Gasteiger partial charge in [-0.15, -0.1) is 0 Å². The molecule has 1 aliphatic rings. The number of ether oxygens (including phenoxy) is 1. The van der Waals surface area contributed by atoms with Crippen molar-refractivity contribution in [3.63, 3.8) is 0 Å². The van der Waals surface area contributed by atoms with Crippen LogP contribution in [0.15, 0.2) is 0 Å². The fourth-order valence-corrected chi connectivity index (χ4v) is 1.66. The van der Waals surface area contributed by atoms with Crippen LogP contribution in [0.3, 0.4) is 0 Å². The molecule has 1 saturated heterocycles. The Labute approximate surface area is 75.9 Å². The molecule has 0 aromatic heterocycles. The lowest BCUT2D eigenvalue weighted by Gasteiger charge is -2.32. The highest BCUT2D eigenvalue weighted by atomic mass is 16.5. The van der Waals surface area contributed by atoms with Gasteiger partial charge in [0.1, 0.15) is 0 Å². The van der Waals surface area contributed by atoms with Gasteiger partial charge >= 0.3 is 0 Å². The molecule has 1 rings (SSSR count). The standard InChI is InChI=1S/C10H21NO/c1-9(2)12-8-10-6-4-5-7-11(10)3/h9-10H,4-8H2,1-3H3. The Bertz CT molecular complexity index is 125. The smallest absolute Gasteiger partial charge is 0.0625 e. The Morgan fingerprint density at radius 2 is 2.17 bits per heavy atom. The molecule has 0 spiro atoms. The molecule has 1 atom stereocenters. The molecular formula is C10H21NO. The van der Waals surface area contributed by atoms with E-state index >= 15 is 0 Å². The molecule has 72 valence electrons. The van der Waals surface area contributed by atoms with E-state index in [4.69, 9.17) is 4.74 Å². The van der Waals surface area contributed by atoms with Crippen molar-refractivity contribution in [3.05, 3.63) is 0 Å². The minimum Gasteiger partial charge on any atom is -0.377 e. The van der Waals surface area contributed by atoms with Crippen LogP contribution in [-0.2, 0) is 4.74 Å². The minimum absolute atomic E-state index is 0.375. The van der Waals surface area contributed by atoms with Crippen molar-refractivity contribution in [2.45, 2.75) is 45.3 Å². The van der Waals surface area contributed by atoms with E-state index in [0.717, 1.165) is 6.61 Å². The highest BCUT2D eigenvalue weighted by Crippen LogP contribution is 2.15. The molecule has 0 aromatic rings. The Kier molecular flexibility index (Phi) is 4.02. The number of hydrogen-bond donors (Lipinski definition) is 0. The summed E-state index contributed by atoms with van der Waals surface area (Å²) in [5.74, 6) is 0. The number of rotatable bonds is 3. The number of piperidine rings is 1. The van der Waals surface area contributed by atoms with Crippen molar-refractivity contribution in [3.8, 4) is 0 Å². The summed E-state index contributed by atoms with van der Waals surface area (Å²) in [5, 5.41) is 0. The van der Waals surface area contributed by atoms with Crippen molar-refractivity contribution in [2.24, 2.45) is 0 Å². The van der Waals surface area contributed by atoms with Crippen molar-refractivity contribution in [1.82, 2.24) is 4.90 Å². The SMILES string of the molecule is CC(C)OCC1CCCCN1C. The third-order valence-corrected chi connectivity index (χ3v) is 2.54. The van der Waals surface area contributed by atoms with E-state index in [0.29, 0.717) is 12.1 Å². The van der Waals surface area contributed by atoms with Crippen LogP contribution in [0.25, 0.3) is 0 Å². The van der Waals surface area contributed by atoms with E-state index in [2.05, 4.69) is 25.8 Å². The molecule has 1 heterocycles. The number of hydrogen-bond acceptors (Lipinski definition) is 2. The number of likely N-dealkylation sites (N-methyl/N-ethyl adjacent to an activating group) is 1. The van der Waals surface area contributed by atoms with Crippen LogP contribution in [0.5, 0.6) is 0 Å². The van der Waals surface area contributed by atoms with Gasteiger partial charge in [-0.1, -0.05) is 6.42 Å². The summed E-state index contributed by atoms with van der Waals surface area (Å²) < 4.78 is 5.61. The number of nitrogens with zero attached hydrogens (tertiary/aromatic N) is 1. The van der Waals surface area contributed by atoms with Crippen molar-refractivity contribution >= 4 is 0 Å². The van der Waals surface area contributed by atoms with Crippen LogP contribution in [0.1, 0.15) is 33.1 Å². The predicted octanol–water partition coefficient (Wildman–Crippen LogP) is 1.90. The predicted molar refractivity (Wildman–Crippen MR) is 51.4 cm³/mol. The first-order valence-corrected chi connectivity index (χ1v) is 5.02. The van der Waals surface area contributed by atoms with Gasteiger partial charge in [0.05, 0.1) is 12.7 Å².